The van der Waals surface area contributed by atoms with Crippen LogP contribution in [0.3, 0.4) is 0 Å². The molecule has 0 radical (unpaired) electrons. The summed E-state index contributed by atoms with van der Waals surface area (Å²) in [6.45, 7) is 3.06. The SMILES string of the molecule is Cc1ccccc1OCc1nc2ccccc2n1CC(=O)NCc1cccs1. The van der Waals surface area contributed by atoms with E-state index in [4.69, 9.17) is 4.74 Å². The first-order valence-corrected chi connectivity index (χ1v) is 10.0. The Bertz CT molecular complexity index is 1090. The molecule has 1 amide bonds. The van der Waals surface area contributed by atoms with E-state index in [2.05, 4.69) is 10.3 Å². The highest BCUT2D eigenvalue weighted by atomic mass is 32.1. The first-order chi connectivity index (χ1) is 13.7. The van der Waals surface area contributed by atoms with Crippen LogP contribution in [0.5, 0.6) is 5.75 Å². The maximum absolute atomic E-state index is 12.5. The van der Waals surface area contributed by atoms with E-state index in [0.717, 1.165) is 33.0 Å². The molecule has 0 saturated carbocycles. The van der Waals surface area contributed by atoms with E-state index in [0.29, 0.717) is 13.2 Å². The Kier molecular flexibility index (Phi) is 5.39. The fraction of sp³-hybridized carbons (Fsp3) is 0.182. The minimum atomic E-state index is -0.0475. The van der Waals surface area contributed by atoms with E-state index in [1.54, 1.807) is 11.3 Å². The molecule has 0 aliphatic rings. The molecule has 0 unspecified atom stereocenters. The van der Waals surface area contributed by atoms with Gasteiger partial charge in [0.2, 0.25) is 5.91 Å². The van der Waals surface area contributed by atoms with Crippen molar-refractivity contribution in [2.75, 3.05) is 0 Å². The Morgan fingerprint density at radius 3 is 2.75 bits per heavy atom. The highest BCUT2D eigenvalue weighted by Crippen LogP contribution is 2.20. The van der Waals surface area contributed by atoms with E-state index < -0.39 is 0 Å². The summed E-state index contributed by atoms with van der Waals surface area (Å²) in [5.74, 6) is 1.51. The van der Waals surface area contributed by atoms with Gasteiger partial charge in [-0.1, -0.05) is 36.4 Å². The van der Waals surface area contributed by atoms with Crippen molar-refractivity contribution in [1.82, 2.24) is 14.9 Å². The van der Waals surface area contributed by atoms with Crippen molar-refractivity contribution in [3.05, 3.63) is 82.3 Å². The largest absolute Gasteiger partial charge is 0.485 e. The van der Waals surface area contributed by atoms with Crippen LogP contribution in [0.1, 0.15) is 16.3 Å². The molecule has 28 heavy (non-hydrogen) atoms. The lowest BCUT2D eigenvalue weighted by Crippen LogP contribution is -2.27. The van der Waals surface area contributed by atoms with E-state index in [1.807, 2.05) is 77.5 Å². The number of nitrogens with zero attached hydrogens (tertiary/aromatic N) is 2. The lowest BCUT2D eigenvalue weighted by molar-refractivity contribution is -0.121. The van der Waals surface area contributed by atoms with Crippen LogP contribution in [0.2, 0.25) is 0 Å². The average molecular weight is 391 g/mol. The monoisotopic (exact) mass is 391 g/mol. The molecule has 0 spiro atoms. The lowest BCUT2D eigenvalue weighted by atomic mass is 10.2. The lowest BCUT2D eigenvalue weighted by Gasteiger charge is -2.12. The Labute approximate surface area is 167 Å². The minimum absolute atomic E-state index is 0.0475. The third kappa shape index (κ3) is 4.07. The van der Waals surface area contributed by atoms with Gasteiger partial charge in [-0.2, -0.15) is 0 Å². The van der Waals surface area contributed by atoms with Crippen molar-refractivity contribution in [3.63, 3.8) is 0 Å². The second-order valence-corrected chi connectivity index (χ2v) is 7.55. The molecular formula is C22H21N3O2S. The van der Waals surface area contributed by atoms with Gasteiger partial charge in [-0.15, -0.1) is 11.3 Å². The molecule has 0 aliphatic heterocycles. The van der Waals surface area contributed by atoms with Crippen LogP contribution in [0.25, 0.3) is 11.0 Å². The van der Waals surface area contributed by atoms with Crippen LogP contribution < -0.4 is 10.1 Å². The number of benzene rings is 2. The summed E-state index contributed by atoms with van der Waals surface area (Å²) in [7, 11) is 0. The second kappa shape index (κ2) is 8.27. The van der Waals surface area contributed by atoms with Gasteiger partial charge < -0.3 is 14.6 Å². The Balaban J connectivity index is 1.53. The van der Waals surface area contributed by atoms with E-state index >= 15 is 0 Å². The topological polar surface area (TPSA) is 56.2 Å². The molecule has 142 valence electrons. The van der Waals surface area contributed by atoms with Crippen LogP contribution in [-0.4, -0.2) is 15.5 Å². The molecule has 6 heteroatoms. The van der Waals surface area contributed by atoms with E-state index in [1.165, 1.54) is 0 Å². The van der Waals surface area contributed by atoms with Crippen molar-refractivity contribution in [1.29, 1.82) is 0 Å². The number of carbonyl (C=O) groups is 1. The van der Waals surface area contributed by atoms with Crippen molar-refractivity contribution in [3.8, 4) is 5.75 Å². The summed E-state index contributed by atoms with van der Waals surface area (Å²) in [4.78, 5) is 18.3. The van der Waals surface area contributed by atoms with Gasteiger partial charge >= 0.3 is 0 Å². The van der Waals surface area contributed by atoms with E-state index in [9.17, 15) is 4.79 Å². The summed E-state index contributed by atoms with van der Waals surface area (Å²) in [6.07, 6.45) is 0. The number of rotatable bonds is 7. The normalized spacial score (nSPS) is 10.9. The highest BCUT2D eigenvalue weighted by Gasteiger charge is 2.14. The number of hydrogen-bond acceptors (Lipinski definition) is 4. The number of ether oxygens (including phenoxy) is 1. The first kappa shape index (κ1) is 18.3. The fourth-order valence-electron chi connectivity index (χ4n) is 3.07. The van der Waals surface area contributed by atoms with Crippen LogP contribution in [0.4, 0.5) is 0 Å². The third-order valence-corrected chi connectivity index (χ3v) is 5.40. The van der Waals surface area contributed by atoms with E-state index in [-0.39, 0.29) is 12.5 Å². The zero-order valence-corrected chi connectivity index (χ0v) is 16.4. The quantitative estimate of drug-likeness (QED) is 0.511. The maximum Gasteiger partial charge on any atom is 0.240 e. The zero-order valence-electron chi connectivity index (χ0n) is 15.6. The van der Waals surface area contributed by atoms with Gasteiger partial charge in [-0.25, -0.2) is 4.98 Å². The molecule has 2 heterocycles. The predicted octanol–water partition coefficient (Wildman–Crippen LogP) is 4.30. The third-order valence-electron chi connectivity index (χ3n) is 4.53. The molecule has 2 aromatic heterocycles. The Morgan fingerprint density at radius 2 is 1.93 bits per heavy atom. The molecule has 4 rings (SSSR count). The van der Waals surface area contributed by atoms with Gasteiger partial charge in [0.1, 0.15) is 24.7 Å². The Morgan fingerprint density at radius 1 is 1.11 bits per heavy atom. The summed E-state index contributed by atoms with van der Waals surface area (Å²) in [5.41, 5.74) is 2.85. The van der Waals surface area contributed by atoms with Crippen molar-refractivity contribution >= 4 is 28.3 Å². The predicted molar refractivity (Wildman–Crippen MR) is 111 cm³/mol. The molecule has 5 nitrogen and oxygen atoms in total. The van der Waals surface area contributed by atoms with Gasteiger partial charge in [0, 0.05) is 4.88 Å². The number of fused-ring (bicyclic) bond motifs is 1. The second-order valence-electron chi connectivity index (χ2n) is 6.51. The molecule has 0 aliphatic carbocycles. The molecule has 0 bridgehead atoms. The van der Waals surface area contributed by atoms with Gasteiger partial charge in [-0.05, 0) is 42.1 Å². The van der Waals surface area contributed by atoms with Gasteiger partial charge in [0.15, 0.2) is 0 Å². The molecular weight excluding hydrogens is 370 g/mol. The Hall–Kier alpha value is -3.12. The average Bonchev–Trinajstić information content (AvgIpc) is 3.34. The summed E-state index contributed by atoms with van der Waals surface area (Å²) in [5, 5.41) is 4.99. The zero-order chi connectivity index (χ0) is 19.3. The number of aryl methyl sites for hydroxylation is 1. The van der Waals surface area contributed by atoms with Crippen LogP contribution in [0.15, 0.2) is 66.0 Å². The maximum atomic E-state index is 12.5. The van der Waals surface area contributed by atoms with Crippen LogP contribution in [0, 0.1) is 6.92 Å². The van der Waals surface area contributed by atoms with Crippen molar-refractivity contribution < 1.29 is 9.53 Å². The summed E-state index contributed by atoms with van der Waals surface area (Å²) in [6, 6.07) is 19.7. The minimum Gasteiger partial charge on any atom is -0.485 e. The number of imidazole rings is 1. The molecule has 1 N–H and O–H groups in total. The van der Waals surface area contributed by atoms with Crippen LogP contribution >= 0.6 is 11.3 Å². The first-order valence-electron chi connectivity index (χ1n) is 9.12. The van der Waals surface area contributed by atoms with Gasteiger partial charge in [-0.3, -0.25) is 4.79 Å². The number of nitrogens with one attached hydrogen (secondary N) is 1. The number of aromatic nitrogens is 2. The molecule has 0 atom stereocenters. The molecule has 2 aromatic carbocycles. The number of carbonyl (C=O) groups excluding carboxylic acids is 1. The number of para-hydroxylation sites is 3. The highest BCUT2D eigenvalue weighted by molar-refractivity contribution is 7.09. The van der Waals surface area contributed by atoms with Crippen molar-refractivity contribution in [2.45, 2.75) is 26.6 Å². The molecule has 0 fully saturated rings. The summed E-state index contributed by atoms with van der Waals surface area (Å²) < 4.78 is 7.91. The number of hydrogen-bond donors (Lipinski definition) is 1. The van der Waals surface area contributed by atoms with Crippen LogP contribution in [-0.2, 0) is 24.5 Å². The molecule has 4 aromatic rings. The molecule has 0 saturated heterocycles. The number of amides is 1. The van der Waals surface area contributed by atoms with Gasteiger partial charge in [0.05, 0.1) is 17.6 Å². The fourth-order valence-corrected chi connectivity index (χ4v) is 3.72. The smallest absolute Gasteiger partial charge is 0.240 e. The standard InChI is InChI=1S/C22H21N3O2S/c1-16-7-2-5-11-20(16)27-15-21-24-18-9-3-4-10-19(18)25(21)14-22(26)23-13-17-8-6-12-28-17/h2-12H,13-15H2,1H3,(H,23,26). The number of thiophene rings is 1. The van der Waals surface area contributed by atoms with Crippen molar-refractivity contribution in [2.24, 2.45) is 0 Å². The summed E-state index contributed by atoms with van der Waals surface area (Å²) >= 11 is 1.63. The van der Waals surface area contributed by atoms with Gasteiger partial charge in [0.25, 0.3) is 0 Å².